The van der Waals surface area contributed by atoms with Crippen LogP contribution in [0.15, 0.2) is 60.0 Å². The molecule has 0 radical (unpaired) electrons. The summed E-state index contributed by atoms with van der Waals surface area (Å²) in [6.45, 7) is 0. The minimum absolute atomic E-state index is 0.878. The Bertz CT molecular complexity index is 484. The van der Waals surface area contributed by atoms with Crippen LogP contribution in [0.5, 0.6) is 0 Å². The Morgan fingerprint density at radius 1 is 0.812 bits per heavy atom. The molecule has 0 bridgehead atoms. The zero-order valence-corrected chi connectivity index (χ0v) is 10.5. The number of hydrogen-bond donors (Lipinski definition) is 2. The van der Waals surface area contributed by atoms with Gasteiger partial charge in [-0.2, -0.15) is 12.6 Å². The van der Waals surface area contributed by atoms with E-state index in [0.29, 0.717) is 0 Å². The van der Waals surface area contributed by atoms with Crippen molar-refractivity contribution in [1.29, 1.82) is 0 Å². The van der Waals surface area contributed by atoms with Gasteiger partial charge in [-0.05, 0) is 22.1 Å². The van der Waals surface area contributed by atoms with E-state index in [1.165, 1.54) is 11.1 Å². The van der Waals surface area contributed by atoms with E-state index in [4.69, 9.17) is 0 Å². The summed E-state index contributed by atoms with van der Waals surface area (Å²) in [6.07, 6.45) is 0. The lowest BCUT2D eigenvalue weighted by molar-refractivity contribution is 1.60. The van der Waals surface area contributed by atoms with Gasteiger partial charge < -0.3 is 0 Å². The Morgan fingerprint density at radius 2 is 1.38 bits per heavy atom. The Hall–Kier alpha value is -1.12. The summed E-state index contributed by atoms with van der Waals surface area (Å²) in [5, 5.41) is 1.70. The Morgan fingerprint density at radius 3 is 1.94 bits per heavy atom. The van der Waals surface area contributed by atoms with E-state index in [1.54, 1.807) is 5.41 Å². The van der Waals surface area contributed by atoms with E-state index in [9.17, 15) is 0 Å². The molecule has 0 spiro atoms. The first kappa shape index (κ1) is 11.4. The molecule has 16 heavy (non-hydrogen) atoms. The van der Waals surface area contributed by atoms with Gasteiger partial charge in [-0.25, -0.2) is 0 Å². The Balaban J connectivity index is 2.34. The van der Waals surface area contributed by atoms with Crippen molar-refractivity contribution in [3.63, 3.8) is 0 Å². The second-order valence-electron chi connectivity index (χ2n) is 3.46. The fourth-order valence-electron chi connectivity index (χ4n) is 1.54. The summed E-state index contributed by atoms with van der Waals surface area (Å²) in [6, 6.07) is 18.6. The molecule has 2 aromatic rings. The van der Waals surface area contributed by atoms with Crippen molar-refractivity contribution in [3.8, 4) is 11.1 Å². The zero-order valence-electron chi connectivity index (χ0n) is 8.67. The van der Waals surface area contributed by atoms with Gasteiger partial charge in [0.1, 0.15) is 0 Å². The lowest BCUT2D eigenvalue weighted by atomic mass is 10.0. The van der Waals surface area contributed by atoms with Gasteiger partial charge in [-0.3, -0.25) is 0 Å². The topological polar surface area (TPSA) is 0 Å². The monoisotopic (exact) mass is 244 g/mol. The predicted octanol–water partition coefficient (Wildman–Crippen LogP) is 4.51. The smallest absolute Gasteiger partial charge is 0.0173 e. The maximum Gasteiger partial charge on any atom is 0.0173 e. The summed E-state index contributed by atoms with van der Waals surface area (Å²) >= 11 is 8.41. The van der Waals surface area contributed by atoms with E-state index >= 15 is 0 Å². The molecule has 2 heteroatoms. The molecule has 0 heterocycles. The van der Waals surface area contributed by atoms with Gasteiger partial charge in [-0.1, -0.05) is 54.6 Å². The fourth-order valence-corrected chi connectivity index (χ4v) is 1.84. The molecule has 0 unspecified atom stereocenters. The fraction of sp³-hybridized carbons (Fsp3) is 0. The molecule has 0 aliphatic rings. The van der Waals surface area contributed by atoms with E-state index in [1.807, 2.05) is 18.2 Å². The number of thiol groups is 2. The van der Waals surface area contributed by atoms with Crippen LogP contribution in [-0.2, 0) is 0 Å². The first-order valence-corrected chi connectivity index (χ1v) is 5.97. The van der Waals surface area contributed by atoms with Gasteiger partial charge in [0.25, 0.3) is 0 Å². The normalized spacial score (nSPS) is 11.5. The first-order valence-electron chi connectivity index (χ1n) is 5.00. The first-order chi connectivity index (χ1) is 7.81. The third-order valence-corrected chi connectivity index (χ3v) is 3.26. The van der Waals surface area contributed by atoms with E-state index in [2.05, 4.69) is 61.7 Å². The standard InChI is InChI=1S/C14H12S2/c15-10-14(16)13-8-6-12(7-9-13)11-4-2-1-3-5-11/h1-10,15-16H/b14-10-. The van der Waals surface area contributed by atoms with Crippen LogP contribution in [0.3, 0.4) is 0 Å². The van der Waals surface area contributed by atoms with Gasteiger partial charge >= 0.3 is 0 Å². The zero-order chi connectivity index (χ0) is 11.4. The molecule has 0 saturated heterocycles. The van der Waals surface area contributed by atoms with Crippen LogP contribution < -0.4 is 0 Å². The van der Waals surface area contributed by atoms with Crippen LogP contribution in [-0.4, -0.2) is 0 Å². The van der Waals surface area contributed by atoms with E-state index in [0.717, 1.165) is 10.5 Å². The van der Waals surface area contributed by atoms with Crippen molar-refractivity contribution < 1.29 is 0 Å². The second-order valence-corrected chi connectivity index (χ2v) is 4.20. The van der Waals surface area contributed by atoms with E-state index < -0.39 is 0 Å². The highest BCUT2D eigenvalue weighted by atomic mass is 32.1. The SMILES string of the molecule is S/C=C(\S)c1ccc(-c2ccccc2)cc1. The maximum atomic E-state index is 4.33. The molecular formula is C14H12S2. The van der Waals surface area contributed by atoms with Crippen molar-refractivity contribution in [2.45, 2.75) is 0 Å². The molecule has 0 saturated carbocycles. The van der Waals surface area contributed by atoms with Gasteiger partial charge in [0, 0.05) is 4.91 Å². The molecule has 2 aromatic carbocycles. The van der Waals surface area contributed by atoms with Crippen LogP contribution in [0, 0.1) is 0 Å². The van der Waals surface area contributed by atoms with Crippen molar-refractivity contribution in [1.82, 2.24) is 0 Å². The highest BCUT2D eigenvalue weighted by Crippen LogP contribution is 2.24. The summed E-state index contributed by atoms with van der Waals surface area (Å²) in [5.74, 6) is 0. The summed E-state index contributed by atoms with van der Waals surface area (Å²) in [5.41, 5.74) is 3.52. The lowest BCUT2D eigenvalue weighted by Crippen LogP contribution is -1.79. The average molecular weight is 244 g/mol. The molecular weight excluding hydrogens is 232 g/mol. The van der Waals surface area contributed by atoms with Crippen LogP contribution in [0.1, 0.15) is 5.56 Å². The van der Waals surface area contributed by atoms with Crippen molar-refractivity contribution >= 4 is 30.2 Å². The van der Waals surface area contributed by atoms with Gasteiger partial charge in [-0.15, -0.1) is 12.6 Å². The Labute approximate surface area is 107 Å². The quantitative estimate of drug-likeness (QED) is 0.713. The predicted molar refractivity (Wildman–Crippen MR) is 77.8 cm³/mol. The maximum absolute atomic E-state index is 4.33. The number of rotatable bonds is 2. The molecule has 0 aliphatic carbocycles. The summed E-state index contributed by atoms with van der Waals surface area (Å²) in [4.78, 5) is 0.878. The molecule has 0 fully saturated rings. The van der Waals surface area contributed by atoms with Crippen molar-refractivity contribution in [3.05, 3.63) is 65.6 Å². The minimum Gasteiger partial charge on any atom is -0.150 e. The third kappa shape index (κ3) is 2.52. The molecule has 80 valence electrons. The second kappa shape index (κ2) is 5.28. The van der Waals surface area contributed by atoms with Crippen LogP contribution >= 0.6 is 25.3 Å². The highest BCUT2D eigenvalue weighted by molar-refractivity contribution is 7.92. The van der Waals surface area contributed by atoms with Crippen LogP contribution in [0.2, 0.25) is 0 Å². The van der Waals surface area contributed by atoms with Crippen molar-refractivity contribution in [2.75, 3.05) is 0 Å². The molecule has 0 N–H and O–H groups in total. The molecule has 0 amide bonds. The molecule has 0 aliphatic heterocycles. The Kier molecular flexibility index (Phi) is 3.75. The largest absolute Gasteiger partial charge is 0.150 e. The number of hydrogen-bond acceptors (Lipinski definition) is 2. The van der Waals surface area contributed by atoms with E-state index in [-0.39, 0.29) is 0 Å². The third-order valence-electron chi connectivity index (χ3n) is 2.41. The van der Waals surface area contributed by atoms with Crippen molar-refractivity contribution in [2.24, 2.45) is 0 Å². The molecule has 0 aromatic heterocycles. The molecule has 0 atom stereocenters. The lowest BCUT2D eigenvalue weighted by Gasteiger charge is -2.03. The highest BCUT2D eigenvalue weighted by Gasteiger charge is 1.98. The molecule has 2 rings (SSSR count). The molecule has 0 nitrogen and oxygen atoms in total. The average Bonchev–Trinajstić information content (AvgIpc) is 2.39. The van der Waals surface area contributed by atoms with Crippen LogP contribution in [0.4, 0.5) is 0 Å². The van der Waals surface area contributed by atoms with Gasteiger partial charge in [0.05, 0.1) is 0 Å². The number of benzene rings is 2. The minimum atomic E-state index is 0.878. The van der Waals surface area contributed by atoms with Gasteiger partial charge in [0.2, 0.25) is 0 Å². The van der Waals surface area contributed by atoms with Crippen LogP contribution in [0.25, 0.3) is 16.0 Å². The van der Waals surface area contributed by atoms with Gasteiger partial charge in [0.15, 0.2) is 0 Å². The summed E-state index contributed by atoms with van der Waals surface area (Å²) in [7, 11) is 0. The summed E-state index contributed by atoms with van der Waals surface area (Å²) < 4.78 is 0.